The van der Waals surface area contributed by atoms with Crippen molar-refractivity contribution in [1.29, 1.82) is 0 Å². The van der Waals surface area contributed by atoms with Gasteiger partial charge in [-0.2, -0.15) is 0 Å². The molecule has 0 aliphatic carbocycles. The first kappa shape index (κ1) is 27.4. The lowest BCUT2D eigenvalue weighted by Gasteiger charge is -2.12. The topological polar surface area (TPSA) is 116 Å². The van der Waals surface area contributed by atoms with Crippen LogP contribution < -0.4 is 10.6 Å². The lowest BCUT2D eigenvalue weighted by molar-refractivity contribution is -0.139. The Balaban J connectivity index is 3.26. The van der Waals surface area contributed by atoms with Gasteiger partial charge in [0.1, 0.15) is 6.04 Å². The molecule has 0 heterocycles. The number of carbonyl (C=O) groups is 3. The van der Waals surface area contributed by atoms with Crippen molar-refractivity contribution in [3.05, 3.63) is 0 Å². The zero-order valence-electron chi connectivity index (χ0n) is 18.2. The van der Waals surface area contributed by atoms with Gasteiger partial charge in [-0.1, -0.05) is 77.0 Å². The molecule has 1 amide bonds. The molecule has 0 saturated heterocycles. The lowest BCUT2D eigenvalue weighted by atomic mass is 10.0. The second-order valence-electron chi connectivity index (χ2n) is 7.83. The quantitative estimate of drug-likeness (QED) is 0.210. The molecule has 0 spiro atoms. The van der Waals surface area contributed by atoms with Crippen LogP contribution in [0.4, 0.5) is 0 Å². The number of unbranched alkanes of at least 4 members (excludes halogenated alkanes) is 13. The summed E-state index contributed by atoms with van der Waals surface area (Å²) in [5, 5.41) is 22.8. The van der Waals surface area contributed by atoms with E-state index in [1.54, 1.807) is 7.05 Å². The number of carboxylic acid groups (broad SMARTS) is 2. The minimum Gasteiger partial charge on any atom is -0.481 e. The SMILES string of the molecule is CNC(CNC(=O)CCCCCCCCCCCCCCCCC(=O)O)C(=O)O. The minimum absolute atomic E-state index is 0.0756. The first-order chi connectivity index (χ1) is 14.0. The third kappa shape index (κ3) is 19.5. The van der Waals surface area contributed by atoms with Crippen molar-refractivity contribution in [3.63, 3.8) is 0 Å². The monoisotopic (exact) mass is 414 g/mol. The van der Waals surface area contributed by atoms with Crippen molar-refractivity contribution in [2.24, 2.45) is 0 Å². The normalized spacial score (nSPS) is 11.9. The van der Waals surface area contributed by atoms with Gasteiger partial charge in [0.05, 0.1) is 0 Å². The highest BCUT2D eigenvalue weighted by Crippen LogP contribution is 2.13. The van der Waals surface area contributed by atoms with Crippen LogP contribution in [0.25, 0.3) is 0 Å². The van der Waals surface area contributed by atoms with Crippen LogP contribution in [0.1, 0.15) is 103 Å². The highest BCUT2D eigenvalue weighted by Gasteiger charge is 2.15. The van der Waals surface area contributed by atoms with Gasteiger partial charge in [-0.05, 0) is 19.9 Å². The summed E-state index contributed by atoms with van der Waals surface area (Å²) < 4.78 is 0. The number of rotatable bonds is 21. The molecule has 7 heteroatoms. The average molecular weight is 415 g/mol. The molecule has 0 aromatic carbocycles. The molecule has 0 bridgehead atoms. The molecule has 7 nitrogen and oxygen atoms in total. The maximum absolute atomic E-state index is 11.7. The fourth-order valence-corrected chi connectivity index (χ4v) is 3.30. The van der Waals surface area contributed by atoms with Crippen molar-refractivity contribution in [2.75, 3.05) is 13.6 Å². The molecule has 0 fully saturated rings. The van der Waals surface area contributed by atoms with Crippen molar-refractivity contribution in [1.82, 2.24) is 10.6 Å². The van der Waals surface area contributed by atoms with E-state index in [4.69, 9.17) is 10.2 Å². The largest absolute Gasteiger partial charge is 0.481 e. The number of hydrogen-bond acceptors (Lipinski definition) is 4. The van der Waals surface area contributed by atoms with Crippen molar-refractivity contribution in [3.8, 4) is 0 Å². The minimum atomic E-state index is -0.958. The molecule has 1 atom stereocenters. The van der Waals surface area contributed by atoms with Crippen LogP contribution in [0.5, 0.6) is 0 Å². The van der Waals surface area contributed by atoms with Crippen LogP contribution >= 0.6 is 0 Å². The van der Waals surface area contributed by atoms with Crippen LogP contribution in [0.15, 0.2) is 0 Å². The van der Waals surface area contributed by atoms with Gasteiger partial charge in [-0.15, -0.1) is 0 Å². The average Bonchev–Trinajstić information content (AvgIpc) is 2.67. The van der Waals surface area contributed by atoms with Crippen molar-refractivity contribution in [2.45, 2.75) is 109 Å². The van der Waals surface area contributed by atoms with Crippen LogP contribution in [-0.4, -0.2) is 47.7 Å². The Hall–Kier alpha value is -1.63. The first-order valence-electron chi connectivity index (χ1n) is 11.4. The van der Waals surface area contributed by atoms with Gasteiger partial charge in [0.15, 0.2) is 0 Å². The highest BCUT2D eigenvalue weighted by molar-refractivity contribution is 5.78. The zero-order chi connectivity index (χ0) is 21.7. The second-order valence-corrected chi connectivity index (χ2v) is 7.83. The van der Waals surface area contributed by atoms with Gasteiger partial charge >= 0.3 is 11.9 Å². The summed E-state index contributed by atoms with van der Waals surface area (Å²) in [7, 11) is 1.57. The Bertz CT molecular complexity index is 443. The van der Waals surface area contributed by atoms with Gasteiger partial charge < -0.3 is 20.8 Å². The van der Waals surface area contributed by atoms with E-state index in [0.717, 1.165) is 38.5 Å². The maximum Gasteiger partial charge on any atom is 0.322 e. The summed E-state index contributed by atoms with van der Waals surface area (Å²) in [6.07, 6.45) is 16.9. The Morgan fingerprint density at radius 1 is 0.655 bits per heavy atom. The van der Waals surface area contributed by atoms with E-state index in [1.165, 1.54) is 51.4 Å². The van der Waals surface area contributed by atoms with E-state index in [-0.39, 0.29) is 12.5 Å². The predicted molar refractivity (Wildman–Crippen MR) is 115 cm³/mol. The van der Waals surface area contributed by atoms with Crippen LogP contribution in [0, 0.1) is 0 Å². The third-order valence-electron chi connectivity index (χ3n) is 5.19. The van der Waals surface area contributed by atoms with Crippen LogP contribution in [-0.2, 0) is 14.4 Å². The van der Waals surface area contributed by atoms with Gasteiger partial charge in [0.2, 0.25) is 5.91 Å². The molecular weight excluding hydrogens is 372 g/mol. The molecule has 0 radical (unpaired) electrons. The number of aliphatic carboxylic acids is 2. The lowest BCUT2D eigenvalue weighted by Crippen LogP contribution is -2.44. The zero-order valence-corrected chi connectivity index (χ0v) is 18.2. The second kappa shape index (κ2) is 19.7. The third-order valence-corrected chi connectivity index (χ3v) is 5.19. The molecule has 4 N–H and O–H groups in total. The maximum atomic E-state index is 11.7. The molecule has 0 rings (SSSR count). The predicted octanol–water partition coefficient (Wildman–Crippen LogP) is 4.10. The molecule has 170 valence electrons. The Morgan fingerprint density at radius 2 is 1.03 bits per heavy atom. The number of hydrogen-bond donors (Lipinski definition) is 4. The number of carboxylic acids is 2. The number of amides is 1. The smallest absolute Gasteiger partial charge is 0.322 e. The summed E-state index contributed by atoms with van der Waals surface area (Å²) in [4.78, 5) is 32.9. The molecule has 0 aromatic rings. The molecule has 0 saturated carbocycles. The van der Waals surface area contributed by atoms with E-state index >= 15 is 0 Å². The molecule has 0 aliphatic rings. The van der Waals surface area contributed by atoms with Gasteiger partial charge in [0, 0.05) is 19.4 Å². The van der Waals surface area contributed by atoms with E-state index in [9.17, 15) is 14.4 Å². The molecular formula is C22H42N2O5. The number of nitrogens with one attached hydrogen (secondary N) is 2. The van der Waals surface area contributed by atoms with E-state index in [2.05, 4.69) is 10.6 Å². The Morgan fingerprint density at radius 3 is 1.38 bits per heavy atom. The van der Waals surface area contributed by atoms with Crippen LogP contribution in [0.3, 0.4) is 0 Å². The van der Waals surface area contributed by atoms with Gasteiger partial charge in [-0.3, -0.25) is 14.4 Å². The van der Waals surface area contributed by atoms with E-state index in [1.807, 2.05) is 0 Å². The van der Waals surface area contributed by atoms with Gasteiger partial charge in [0.25, 0.3) is 0 Å². The number of carbonyl (C=O) groups excluding carboxylic acids is 1. The fraction of sp³-hybridized carbons (Fsp3) is 0.864. The van der Waals surface area contributed by atoms with Gasteiger partial charge in [-0.25, -0.2) is 0 Å². The van der Waals surface area contributed by atoms with E-state index in [0.29, 0.717) is 12.8 Å². The number of likely N-dealkylation sites (N-methyl/N-ethyl adjacent to an activating group) is 1. The molecule has 29 heavy (non-hydrogen) atoms. The van der Waals surface area contributed by atoms with E-state index < -0.39 is 18.0 Å². The summed E-state index contributed by atoms with van der Waals surface area (Å²) in [5.41, 5.74) is 0. The summed E-state index contributed by atoms with van der Waals surface area (Å²) >= 11 is 0. The molecule has 0 aromatic heterocycles. The summed E-state index contributed by atoms with van der Waals surface area (Å²) in [6.45, 7) is 0.120. The molecule has 0 aliphatic heterocycles. The first-order valence-corrected chi connectivity index (χ1v) is 11.4. The summed E-state index contributed by atoms with van der Waals surface area (Å²) in [6, 6.07) is -0.734. The van der Waals surface area contributed by atoms with Crippen molar-refractivity contribution < 1.29 is 24.6 Å². The fourth-order valence-electron chi connectivity index (χ4n) is 3.30. The standard InChI is InChI=1S/C22H42N2O5/c1-23-19(22(28)29)18-24-20(25)16-14-12-10-8-6-4-2-3-5-7-9-11-13-15-17-21(26)27/h19,23H,2-18H2,1H3,(H,24,25)(H,26,27)(H,28,29). The Labute approximate surface area is 176 Å². The Kier molecular flexibility index (Phi) is 18.6. The van der Waals surface area contributed by atoms with Crippen molar-refractivity contribution >= 4 is 17.8 Å². The summed E-state index contributed by atoms with van der Waals surface area (Å²) in [5.74, 6) is -1.72. The highest BCUT2D eigenvalue weighted by atomic mass is 16.4. The van der Waals surface area contributed by atoms with Crippen LogP contribution in [0.2, 0.25) is 0 Å². The molecule has 1 unspecified atom stereocenters.